The van der Waals surface area contributed by atoms with Crippen molar-refractivity contribution in [3.63, 3.8) is 0 Å². The van der Waals surface area contributed by atoms with Crippen LogP contribution in [0.2, 0.25) is 0 Å². The summed E-state index contributed by atoms with van der Waals surface area (Å²) in [6.07, 6.45) is 5.02. The van der Waals surface area contributed by atoms with Crippen LogP contribution in [0.15, 0.2) is 21.5 Å². The van der Waals surface area contributed by atoms with E-state index in [2.05, 4.69) is 10.3 Å². The van der Waals surface area contributed by atoms with Crippen molar-refractivity contribution in [3.05, 3.63) is 28.9 Å². The van der Waals surface area contributed by atoms with Gasteiger partial charge in [0.05, 0.1) is 25.7 Å². The van der Waals surface area contributed by atoms with Crippen LogP contribution >= 0.6 is 0 Å². The lowest BCUT2D eigenvalue weighted by Crippen LogP contribution is -2.48. The van der Waals surface area contributed by atoms with Crippen molar-refractivity contribution in [2.24, 2.45) is 11.1 Å². The summed E-state index contributed by atoms with van der Waals surface area (Å²) in [5.41, 5.74) is 1.38. The topological polar surface area (TPSA) is 147 Å². The Morgan fingerprint density at radius 3 is 2.64 bits per heavy atom. The van der Waals surface area contributed by atoms with Gasteiger partial charge in [-0.05, 0) is 52.5 Å². The van der Waals surface area contributed by atoms with Gasteiger partial charge in [0.15, 0.2) is 11.5 Å². The smallest absolute Gasteiger partial charge is 0.382 e. The van der Waals surface area contributed by atoms with E-state index in [0.717, 1.165) is 6.42 Å². The van der Waals surface area contributed by atoms with E-state index in [1.165, 1.54) is 0 Å². The van der Waals surface area contributed by atoms with E-state index < -0.39 is 23.6 Å². The maximum absolute atomic E-state index is 11.8. The number of esters is 2. The van der Waals surface area contributed by atoms with Crippen molar-refractivity contribution >= 4 is 23.4 Å². The third kappa shape index (κ3) is 4.92. The molecule has 0 bridgehead atoms. The van der Waals surface area contributed by atoms with Crippen LogP contribution in [0.4, 0.5) is 0 Å². The molecule has 2 aliphatic carbocycles. The average molecular weight is 464 g/mol. The number of aromatic nitrogens is 1. The molecule has 0 fully saturated rings. The summed E-state index contributed by atoms with van der Waals surface area (Å²) in [5, 5.41) is 17.7. The van der Waals surface area contributed by atoms with Gasteiger partial charge in [0, 0.05) is 12.0 Å². The first-order valence-electron chi connectivity index (χ1n) is 11.0. The van der Waals surface area contributed by atoms with Crippen molar-refractivity contribution in [3.8, 4) is 0 Å². The van der Waals surface area contributed by atoms with Crippen LogP contribution in [0, 0.1) is 5.92 Å². The summed E-state index contributed by atoms with van der Waals surface area (Å²) >= 11 is 0. The molecule has 1 aromatic heterocycles. The van der Waals surface area contributed by atoms with E-state index in [-0.39, 0.29) is 24.8 Å². The number of nitrogens with zero attached hydrogens (tertiary/aromatic N) is 2. The summed E-state index contributed by atoms with van der Waals surface area (Å²) in [6.45, 7) is 6.20. The molecule has 0 saturated carbocycles. The van der Waals surface area contributed by atoms with Gasteiger partial charge in [-0.3, -0.25) is 4.79 Å². The molecule has 2 heterocycles. The van der Waals surface area contributed by atoms with Gasteiger partial charge in [-0.2, -0.15) is 0 Å². The monoisotopic (exact) mass is 464 g/mol. The number of hydrogen-bond acceptors (Lipinski definition) is 11. The number of ether oxygens (including phenoxy) is 3. The lowest BCUT2D eigenvalue weighted by molar-refractivity contribution is -0.231. The molecule has 33 heavy (non-hydrogen) atoms. The van der Waals surface area contributed by atoms with Crippen LogP contribution in [0.3, 0.4) is 0 Å². The average Bonchev–Trinajstić information content (AvgIpc) is 3.39. The minimum atomic E-state index is -2.01. The number of rotatable bonds is 6. The van der Waals surface area contributed by atoms with Gasteiger partial charge in [-0.15, -0.1) is 0 Å². The van der Waals surface area contributed by atoms with Gasteiger partial charge >= 0.3 is 17.7 Å². The molecule has 2 atom stereocenters. The molecule has 2 unspecified atom stereocenters. The van der Waals surface area contributed by atoms with Crippen molar-refractivity contribution in [2.75, 3.05) is 19.8 Å². The van der Waals surface area contributed by atoms with Gasteiger partial charge in [0.1, 0.15) is 11.5 Å². The second kappa shape index (κ2) is 10.6. The first-order valence-corrected chi connectivity index (χ1v) is 11.0. The second-order valence-corrected chi connectivity index (χ2v) is 7.45. The number of allylic oxidation sites excluding steroid dienone is 2. The Morgan fingerprint density at radius 1 is 1.18 bits per heavy atom. The third-order valence-corrected chi connectivity index (χ3v) is 5.33. The van der Waals surface area contributed by atoms with Crippen molar-refractivity contribution < 1.29 is 43.1 Å². The van der Waals surface area contributed by atoms with Crippen LogP contribution in [-0.4, -0.2) is 59.3 Å². The van der Waals surface area contributed by atoms with Crippen LogP contribution in [0.25, 0.3) is 0 Å². The highest BCUT2D eigenvalue weighted by atomic mass is 16.8. The zero-order valence-corrected chi connectivity index (χ0v) is 18.9. The Labute approximate surface area is 190 Å². The molecule has 0 saturated heterocycles. The minimum Gasteiger partial charge on any atom is -0.492 e. The first kappa shape index (κ1) is 24.4. The number of oxime groups is 1. The zero-order chi connectivity index (χ0) is 24.0. The largest absolute Gasteiger partial charge is 0.492 e. The summed E-state index contributed by atoms with van der Waals surface area (Å²) in [7, 11) is 0. The number of Topliss-reactive ketones (excluding diaryl/α,β-unsaturated/α-hetero) is 1. The molecular formula is C22H28N2O9. The molecule has 180 valence electrons. The molecular weight excluding hydrogens is 436 g/mol. The Morgan fingerprint density at radius 2 is 1.94 bits per heavy atom. The maximum Gasteiger partial charge on any atom is 0.382 e. The molecule has 0 radical (unpaired) electrons. The maximum atomic E-state index is 11.8. The first-order chi connectivity index (χ1) is 15.9. The predicted octanol–water partition coefficient (Wildman–Crippen LogP) is 2.33. The molecule has 11 nitrogen and oxygen atoms in total. The van der Waals surface area contributed by atoms with E-state index in [9.17, 15) is 19.5 Å². The number of carbonyl (C=O) groups is 3. The van der Waals surface area contributed by atoms with E-state index in [1.807, 2.05) is 13.0 Å². The van der Waals surface area contributed by atoms with Gasteiger partial charge < -0.3 is 28.7 Å². The van der Waals surface area contributed by atoms with Crippen molar-refractivity contribution in [1.82, 2.24) is 5.16 Å². The number of hydrogen-bond donors (Lipinski definition) is 1. The Hall–Kier alpha value is -3.21. The van der Waals surface area contributed by atoms with Crippen LogP contribution in [0.1, 0.15) is 73.1 Å². The van der Waals surface area contributed by atoms with E-state index in [0.29, 0.717) is 55.0 Å². The fourth-order valence-corrected chi connectivity index (χ4v) is 3.83. The Kier molecular flexibility index (Phi) is 7.85. The van der Waals surface area contributed by atoms with Crippen LogP contribution in [0.5, 0.6) is 0 Å². The SMILES string of the molecule is CCOC(=O)C1(O)ON=C2C(OCC)=CCCC21.CCOC(=O)c1onc2c1CCCC2=O. The Bertz CT molecular complexity index is 965. The minimum absolute atomic E-state index is 0.0597. The molecule has 3 aliphatic rings. The quantitative estimate of drug-likeness (QED) is 0.622. The highest BCUT2D eigenvalue weighted by molar-refractivity contribution is 6.05. The number of fused-ring (bicyclic) bond motifs is 2. The highest BCUT2D eigenvalue weighted by Gasteiger charge is 2.56. The Balaban J connectivity index is 0.000000189. The number of ketones is 1. The fraction of sp³-hybridized carbons (Fsp3) is 0.591. The van der Waals surface area contributed by atoms with Crippen molar-refractivity contribution in [2.45, 2.75) is 58.7 Å². The molecule has 0 spiro atoms. The second-order valence-electron chi connectivity index (χ2n) is 7.45. The van der Waals surface area contributed by atoms with Gasteiger partial charge in [-0.1, -0.05) is 10.3 Å². The van der Waals surface area contributed by atoms with Crippen LogP contribution < -0.4 is 0 Å². The molecule has 1 aromatic rings. The predicted molar refractivity (Wildman–Crippen MR) is 112 cm³/mol. The zero-order valence-electron chi connectivity index (χ0n) is 18.9. The summed E-state index contributed by atoms with van der Waals surface area (Å²) in [5.74, 6) is -3.28. The normalized spacial score (nSPS) is 23.0. The summed E-state index contributed by atoms with van der Waals surface area (Å²) in [6, 6.07) is 0. The molecule has 1 aliphatic heterocycles. The fourth-order valence-electron chi connectivity index (χ4n) is 3.83. The number of carbonyl (C=O) groups excluding carboxylic acids is 3. The lowest BCUT2D eigenvalue weighted by atomic mass is 9.84. The van der Waals surface area contributed by atoms with Gasteiger partial charge in [0.25, 0.3) is 0 Å². The third-order valence-electron chi connectivity index (χ3n) is 5.33. The molecule has 11 heteroatoms. The summed E-state index contributed by atoms with van der Waals surface area (Å²) < 4.78 is 19.9. The van der Waals surface area contributed by atoms with E-state index >= 15 is 0 Å². The molecule has 0 amide bonds. The molecule has 0 aromatic carbocycles. The highest BCUT2D eigenvalue weighted by Crippen LogP contribution is 2.38. The summed E-state index contributed by atoms with van der Waals surface area (Å²) in [4.78, 5) is 39.5. The van der Waals surface area contributed by atoms with E-state index in [4.69, 9.17) is 23.6 Å². The lowest BCUT2D eigenvalue weighted by Gasteiger charge is -2.27. The molecule has 1 N–H and O–H groups in total. The van der Waals surface area contributed by atoms with Gasteiger partial charge in [0.2, 0.25) is 5.76 Å². The standard InChI is InChI=1S/C12H17NO5.C10H11NO4/c1-3-16-9-7-5-6-8-10(9)13-18-12(8,15)11(14)17-4-2;1-2-14-10(13)9-6-4-3-5-7(12)8(6)11-15-9/h7-8,15H,3-6H2,1-2H3;2-5H2,1H3. The van der Waals surface area contributed by atoms with E-state index in [1.54, 1.807) is 13.8 Å². The van der Waals surface area contributed by atoms with Gasteiger partial charge in [-0.25, -0.2) is 9.59 Å². The number of aliphatic hydroxyl groups is 1. The molecule has 4 rings (SSSR count). The van der Waals surface area contributed by atoms with Crippen molar-refractivity contribution in [1.29, 1.82) is 0 Å². The van der Waals surface area contributed by atoms with Crippen LogP contribution in [-0.2, 0) is 30.3 Å².